The molecule has 0 spiro atoms. The molecule has 1 rings (SSSR count). The second-order valence-electron chi connectivity index (χ2n) is 2.83. The van der Waals surface area contributed by atoms with Gasteiger partial charge in [0.2, 0.25) is 0 Å². The molecule has 0 aliphatic carbocycles. The summed E-state index contributed by atoms with van der Waals surface area (Å²) in [5.41, 5.74) is 0. The van der Waals surface area contributed by atoms with Crippen LogP contribution in [0, 0.1) is 0 Å². The Hall–Kier alpha value is 0.399. The van der Waals surface area contributed by atoms with Crippen LogP contribution in [0.3, 0.4) is 0 Å². The zero-order valence-corrected chi connectivity index (χ0v) is 8.19. The van der Waals surface area contributed by atoms with Gasteiger partial charge in [-0.15, -0.1) is 0 Å². The average molecular weight is 225 g/mol. The van der Waals surface area contributed by atoms with Gasteiger partial charge in [-0.3, -0.25) is 0 Å². The van der Waals surface area contributed by atoms with Gasteiger partial charge >= 0.3 is 72.1 Å². The third kappa shape index (κ3) is 1.95. The second-order valence-corrected chi connectivity index (χ2v) is 5.37. The maximum absolute atomic E-state index is 9.39. The number of aliphatic hydroxyl groups is 3. The fourth-order valence-corrected chi connectivity index (χ4v) is 4.15. The summed E-state index contributed by atoms with van der Waals surface area (Å²) in [6.07, 6.45) is -1.05. The quantitative estimate of drug-likeness (QED) is 0.550. The Morgan fingerprint density at radius 1 is 1.55 bits per heavy atom. The monoisotopic (exact) mass is 226 g/mol. The molecule has 1 saturated heterocycles. The van der Waals surface area contributed by atoms with E-state index in [9.17, 15) is 10.2 Å². The van der Waals surface area contributed by atoms with Crippen LogP contribution in [-0.2, 0) is 0 Å². The molecule has 0 amide bonds. The third-order valence-electron chi connectivity index (χ3n) is 1.99. The van der Waals surface area contributed by atoms with E-state index in [1.807, 2.05) is 6.92 Å². The van der Waals surface area contributed by atoms with Crippen molar-refractivity contribution < 1.29 is 15.3 Å². The Morgan fingerprint density at radius 2 is 2.18 bits per heavy atom. The Kier molecular flexibility index (Phi) is 3.34. The zero-order chi connectivity index (χ0) is 8.43. The normalized spacial score (nSPS) is 40.9. The van der Waals surface area contributed by atoms with Crippen LogP contribution < -0.4 is 0 Å². The molecule has 0 unspecified atom stereocenters. The van der Waals surface area contributed by atoms with E-state index < -0.39 is 18.3 Å². The SMILES string of the molecule is CC[C@@H](O)[C@@H]1[Se]C[C@@H](O)[C@H]1O. The van der Waals surface area contributed by atoms with Crippen molar-refractivity contribution >= 4 is 15.0 Å². The van der Waals surface area contributed by atoms with Crippen molar-refractivity contribution in [2.24, 2.45) is 0 Å². The minimum absolute atomic E-state index is 0.0532. The summed E-state index contributed by atoms with van der Waals surface area (Å²) in [5, 5.41) is 28.6. The van der Waals surface area contributed by atoms with Gasteiger partial charge < -0.3 is 0 Å². The van der Waals surface area contributed by atoms with Crippen molar-refractivity contribution in [3.05, 3.63) is 0 Å². The van der Waals surface area contributed by atoms with Gasteiger partial charge in [0.1, 0.15) is 0 Å². The van der Waals surface area contributed by atoms with E-state index in [-0.39, 0.29) is 19.8 Å². The average Bonchev–Trinajstić information content (AvgIpc) is 2.32. The minimum atomic E-state index is -0.690. The Labute approximate surface area is 72.6 Å². The number of aliphatic hydroxyl groups excluding tert-OH is 3. The molecule has 1 aliphatic heterocycles. The van der Waals surface area contributed by atoms with Crippen molar-refractivity contribution in [1.82, 2.24) is 0 Å². The molecule has 1 fully saturated rings. The molecular weight excluding hydrogens is 211 g/mol. The van der Waals surface area contributed by atoms with E-state index in [4.69, 9.17) is 5.11 Å². The van der Waals surface area contributed by atoms with Gasteiger partial charge in [-0.2, -0.15) is 0 Å². The summed E-state index contributed by atoms with van der Waals surface area (Å²) >= 11 is 0.203. The predicted molar refractivity (Wildman–Crippen MR) is 42.6 cm³/mol. The van der Waals surface area contributed by atoms with E-state index >= 15 is 0 Å². The van der Waals surface area contributed by atoms with Crippen molar-refractivity contribution in [1.29, 1.82) is 0 Å². The molecule has 3 nitrogen and oxygen atoms in total. The van der Waals surface area contributed by atoms with Crippen LogP contribution >= 0.6 is 0 Å². The topological polar surface area (TPSA) is 60.7 Å². The van der Waals surface area contributed by atoms with E-state index in [0.717, 1.165) is 0 Å². The van der Waals surface area contributed by atoms with Crippen LogP contribution in [-0.4, -0.2) is 48.6 Å². The zero-order valence-electron chi connectivity index (χ0n) is 6.47. The first-order valence-electron chi connectivity index (χ1n) is 3.82. The first-order valence-corrected chi connectivity index (χ1v) is 6.02. The number of rotatable bonds is 2. The second kappa shape index (κ2) is 3.87. The van der Waals surface area contributed by atoms with Crippen molar-refractivity contribution in [2.45, 2.75) is 41.8 Å². The van der Waals surface area contributed by atoms with E-state index in [1.165, 1.54) is 0 Å². The molecule has 0 aromatic carbocycles. The van der Waals surface area contributed by atoms with Crippen LogP contribution in [0.4, 0.5) is 0 Å². The molecule has 0 radical (unpaired) electrons. The van der Waals surface area contributed by atoms with Crippen LogP contribution in [0.5, 0.6) is 0 Å². The summed E-state index contributed by atoms with van der Waals surface area (Å²) in [6.45, 7) is 1.89. The molecule has 0 aromatic heterocycles. The van der Waals surface area contributed by atoms with E-state index in [2.05, 4.69) is 0 Å². The summed E-state index contributed by atoms with van der Waals surface area (Å²) in [4.78, 5) is -0.0532. The van der Waals surface area contributed by atoms with E-state index in [1.54, 1.807) is 0 Å². The van der Waals surface area contributed by atoms with Crippen molar-refractivity contribution in [3.8, 4) is 0 Å². The Morgan fingerprint density at radius 3 is 2.55 bits per heavy atom. The summed E-state index contributed by atoms with van der Waals surface area (Å²) in [6, 6.07) is 0. The summed E-state index contributed by atoms with van der Waals surface area (Å²) < 4.78 is 0. The van der Waals surface area contributed by atoms with Crippen molar-refractivity contribution in [3.63, 3.8) is 0 Å². The fourth-order valence-electron chi connectivity index (χ4n) is 1.20. The van der Waals surface area contributed by atoms with Crippen LogP contribution in [0.1, 0.15) is 13.3 Å². The van der Waals surface area contributed by atoms with Gasteiger partial charge in [0.15, 0.2) is 0 Å². The van der Waals surface area contributed by atoms with Crippen LogP contribution in [0.15, 0.2) is 0 Å². The van der Waals surface area contributed by atoms with Crippen molar-refractivity contribution in [2.75, 3.05) is 0 Å². The van der Waals surface area contributed by atoms with Gasteiger partial charge in [0, 0.05) is 0 Å². The molecule has 66 valence electrons. The molecule has 0 bridgehead atoms. The van der Waals surface area contributed by atoms with Crippen LogP contribution in [0.25, 0.3) is 0 Å². The first kappa shape index (κ1) is 9.49. The van der Waals surface area contributed by atoms with E-state index in [0.29, 0.717) is 11.7 Å². The molecule has 0 saturated carbocycles. The van der Waals surface area contributed by atoms with Gasteiger partial charge in [0.05, 0.1) is 0 Å². The molecule has 4 heteroatoms. The van der Waals surface area contributed by atoms with Gasteiger partial charge in [-0.05, 0) is 0 Å². The molecule has 4 atom stereocenters. The molecule has 1 aliphatic rings. The molecular formula is C7H14O3Se. The fraction of sp³-hybridized carbons (Fsp3) is 1.00. The van der Waals surface area contributed by atoms with Gasteiger partial charge in [0.25, 0.3) is 0 Å². The molecule has 11 heavy (non-hydrogen) atoms. The number of hydrogen-bond acceptors (Lipinski definition) is 3. The summed E-state index contributed by atoms with van der Waals surface area (Å²) in [5.74, 6) is 0. The standard InChI is InChI=1S/C7H14O3Se/c1-2-4(8)7-6(10)5(9)3-11-7/h4-10H,2-3H2,1H3/t4-,5-,6-,7+/m1/s1. The Bertz CT molecular complexity index is 131. The molecule has 0 aromatic rings. The predicted octanol–water partition coefficient (Wildman–Crippen LogP) is -0.596. The van der Waals surface area contributed by atoms with Gasteiger partial charge in [-0.1, -0.05) is 0 Å². The molecule has 1 heterocycles. The Balaban J connectivity index is 2.47. The maximum atomic E-state index is 9.39. The third-order valence-corrected chi connectivity index (χ3v) is 5.16. The summed E-state index contributed by atoms with van der Waals surface area (Å²) in [7, 11) is 0. The first-order chi connectivity index (χ1) is 5.16. The molecule has 3 N–H and O–H groups in total. The number of hydrogen-bond donors (Lipinski definition) is 3. The van der Waals surface area contributed by atoms with Crippen LogP contribution in [0.2, 0.25) is 10.1 Å². The van der Waals surface area contributed by atoms with Gasteiger partial charge in [-0.25, -0.2) is 0 Å².